The predicted molar refractivity (Wildman–Crippen MR) is 89.1 cm³/mol. The summed E-state index contributed by atoms with van der Waals surface area (Å²) >= 11 is 1.69. The molecule has 6 heteroatoms. The molecule has 0 bridgehead atoms. The highest BCUT2D eigenvalue weighted by molar-refractivity contribution is 7.13. The van der Waals surface area contributed by atoms with Gasteiger partial charge in [-0.2, -0.15) is 4.98 Å². The van der Waals surface area contributed by atoms with Crippen LogP contribution >= 0.6 is 11.3 Å². The van der Waals surface area contributed by atoms with Gasteiger partial charge in [0.1, 0.15) is 0 Å². The predicted octanol–water partition coefficient (Wildman–Crippen LogP) is 4.02. The minimum Gasteiger partial charge on any atom is -0.334 e. The Bertz CT molecular complexity index is 923. The van der Waals surface area contributed by atoms with Crippen molar-refractivity contribution >= 4 is 11.3 Å². The molecular formula is C17H14N4OS. The molecule has 0 amide bonds. The molecule has 0 fully saturated rings. The first-order valence-electron chi connectivity index (χ1n) is 7.25. The number of benzene rings is 1. The third-order valence-corrected chi connectivity index (χ3v) is 4.59. The van der Waals surface area contributed by atoms with Gasteiger partial charge in [0, 0.05) is 18.0 Å². The Morgan fingerprint density at radius 3 is 2.83 bits per heavy atom. The Balaban J connectivity index is 1.62. The van der Waals surface area contributed by atoms with Crippen molar-refractivity contribution in [3.63, 3.8) is 0 Å². The summed E-state index contributed by atoms with van der Waals surface area (Å²) in [6.07, 6.45) is 3.74. The van der Waals surface area contributed by atoms with Crippen molar-refractivity contribution in [3.8, 4) is 22.2 Å². The summed E-state index contributed by atoms with van der Waals surface area (Å²) < 4.78 is 7.40. The number of aryl methyl sites for hydroxylation is 1. The molecule has 0 saturated carbocycles. The van der Waals surface area contributed by atoms with Crippen LogP contribution in [0.15, 0.2) is 58.7 Å². The number of nitrogens with zero attached hydrogens (tertiary/aromatic N) is 4. The highest BCUT2D eigenvalue weighted by atomic mass is 32.1. The van der Waals surface area contributed by atoms with Crippen LogP contribution in [0.4, 0.5) is 0 Å². The Kier molecular flexibility index (Phi) is 3.51. The minimum absolute atomic E-state index is 0.531. The second-order valence-electron chi connectivity index (χ2n) is 5.19. The van der Waals surface area contributed by atoms with Gasteiger partial charge < -0.3 is 9.09 Å². The van der Waals surface area contributed by atoms with Gasteiger partial charge in [-0.15, -0.1) is 11.3 Å². The van der Waals surface area contributed by atoms with E-state index in [0.29, 0.717) is 18.3 Å². The Morgan fingerprint density at radius 1 is 1.17 bits per heavy atom. The van der Waals surface area contributed by atoms with Crippen LogP contribution in [0.5, 0.6) is 0 Å². The number of thiophene rings is 1. The fourth-order valence-corrected chi connectivity index (χ4v) is 3.35. The molecule has 1 aromatic carbocycles. The average molecular weight is 322 g/mol. The van der Waals surface area contributed by atoms with Gasteiger partial charge in [-0.3, -0.25) is 0 Å². The zero-order chi connectivity index (χ0) is 15.6. The van der Waals surface area contributed by atoms with Crippen molar-refractivity contribution in [2.45, 2.75) is 13.5 Å². The molecule has 0 N–H and O–H groups in total. The second-order valence-corrected chi connectivity index (χ2v) is 6.11. The fourth-order valence-electron chi connectivity index (χ4n) is 2.42. The van der Waals surface area contributed by atoms with Crippen LogP contribution in [0.2, 0.25) is 0 Å². The van der Waals surface area contributed by atoms with Gasteiger partial charge in [-0.1, -0.05) is 23.4 Å². The van der Waals surface area contributed by atoms with Gasteiger partial charge in [0.25, 0.3) is 5.89 Å². The molecule has 3 aromatic heterocycles. The maximum absolute atomic E-state index is 5.36. The Hall–Kier alpha value is -2.73. The minimum atomic E-state index is 0.531. The number of aromatic nitrogens is 4. The van der Waals surface area contributed by atoms with Crippen LogP contribution in [0.1, 0.15) is 11.4 Å². The summed E-state index contributed by atoms with van der Waals surface area (Å²) in [4.78, 5) is 10.1. The summed E-state index contributed by atoms with van der Waals surface area (Å²) in [5, 5.41) is 6.16. The summed E-state index contributed by atoms with van der Waals surface area (Å²) in [6.45, 7) is 2.62. The standard InChI is InChI=1S/C17H14N4OS/c1-12-7-10-23-15(12)16-18-8-9-21(16)11-14-19-17(22-20-14)13-5-3-2-4-6-13/h2-10H,11H2,1H3. The molecule has 0 aliphatic rings. The van der Waals surface area contributed by atoms with E-state index >= 15 is 0 Å². The van der Waals surface area contributed by atoms with Crippen LogP contribution in [0.3, 0.4) is 0 Å². The van der Waals surface area contributed by atoms with Crippen molar-refractivity contribution in [3.05, 3.63) is 65.6 Å². The lowest BCUT2D eigenvalue weighted by molar-refractivity contribution is 0.420. The van der Waals surface area contributed by atoms with E-state index in [2.05, 4.69) is 33.5 Å². The van der Waals surface area contributed by atoms with E-state index in [0.717, 1.165) is 11.4 Å². The fraction of sp³-hybridized carbons (Fsp3) is 0.118. The second kappa shape index (κ2) is 5.81. The van der Waals surface area contributed by atoms with Crippen molar-refractivity contribution in [1.29, 1.82) is 0 Å². The van der Waals surface area contributed by atoms with Crippen molar-refractivity contribution in [2.75, 3.05) is 0 Å². The monoisotopic (exact) mass is 322 g/mol. The molecule has 23 heavy (non-hydrogen) atoms. The lowest BCUT2D eigenvalue weighted by Crippen LogP contribution is -2.02. The number of hydrogen-bond acceptors (Lipinski definition) is 5. The van der Waals surface area contributed by atoms with E-state index in [1.807, 2.05) is 41.1 Å². The normalized spacial score (nSPS) is 11.0. The molecule has 0 atom stereocenters. The average Bonchev–Trinajstić information content (AvgIpc) is 3.30. The van der Waals surface area contributed by atoms with E-state index in [1.54, 1.807) is 17.5 Å². The number of rotatable bonds is 4. The molecule has 0 saturated heterocycles. The van der Waals surface area contributed by atoms with E-state index in [4.69, 9.17) is 4.52 Å². The summed E-state index contributed by atoms with van der Waals surface area (Å²) in [5.74, 6) is 2.11. The Labute approximate surface area is 137 Å². The van der Waals surface area contributed by atoms with Gasteiger partial charge in [0.2, 0.25) is 0 Å². The highest BCUT2D eigenvalue weighted by Gasteiger charge is 2.13. The largest absolute Gasteiger partial charge is 0.334 e. The molecule has 5 nitrogen and oxygen atoms in total. The first kappa shape index (κ1) is 13.9. The maximum Gasteiger partial charge on any atom is 0.257 e. The lowest BCUT2D eigenvalue weighted by Gasteiger charge is -2.04. The molecular weight excluding hydrogens is 308 g/mol. The summed E-state index contributed by atoms with van der Waals surface area (Å²) in [6, 6.07) is 11.9. The first-order valence-corrected chi connectivity index (χ1v) is 8.13. The Morgan fingerprint density at radius 2 is 2.04 bits per heavy atom. The molecule has 0 aliphatic heterocycles. The van der Waals surface area contributed by atoms with Crippen molar-refractivity contribution in [2.24, 2.45) is 0 Å². The van der Waals surface area contributed by atoms with E-state index in [9.17, 15) is 0 Å². The molecule has 0 spiro atoms. The van der Waals surface area contributed by atoms with Gasteiger partial charge >= 0.3 is 0 Å². The van der Waals surface area contributed by atoms with Crippen LogP contribution < -0.4 is 0 Å². The van der Waals surface area contributed by atoms with Gasteiger partial charge in [0.05, 0.1) is 11.4 Å². The van der Waals surface area contributed by atoms with Gasteiger partial charge in [-0.05, 0) is 36.1 Å². The van der Waals surface area contributed by atoms with Crippen LogP contribution in [0.25, 0.3) is 22.2 Å². The summed E-state index contributed by atoms with van der Waals surface area (Å²) in [7, 11) is 0. The number of hydrogen-bond donors (Lipinski definition) is 0. The number of imidazole rings is 1. The van der Waals surface area contributed by atoms with Crippen molar-refractivity contribution < 1.29 is 4.52 Å². The van der Waals surface area contributed by atoms with E-state index in [1.165, 1.54) is 10.4 Å². The highest BCUT2D eigenvalue weighted by Crippen LogP contribution is 2.28. The van der Waals surface area contributed by atoms with E-state index < -0.39 is 0 Å². The molecule has 4 aromatic rings. The quantitative estimate of drug-likeness (QED) is 0.569. The zero-order valence-electron chi connectivity index (χ0n) is 12.5. The van der Waals surface area contributed by atoms with Crippen molar-refractivity contribution in [1.82, 2.24) is 19.7 Å². The maximum atomic E-state index is 5.36. The van der Waals surface area contributed by atoms with Gasteiger partial charge in [0.15, 0.2) is 11.6 Å². The molecule has 0 radical (unpaired) electrons. The molecule has 0 aliphatic carbocycles. The summed E-state index contributed by atoms with van der Waals surface area (Å²) in [5.41, 5.74) is 2.15. The van der Waals surface area contributed by atoms with Gasteiger partial charge in [-0.25, -0.2) is 4.98 Å². The van der Waals surface area contributed by atoms with Crippen LogP contribution in [0, 0.1) is 6.92 Å². The SMILES string of the molecule is Cc1ccsc1-c1nccn1Cc1noc(-c2ccccc2)n1. The zero-order valence-corrected chi connectivity index (χ0v) is 13.3. The van der Waals surface area contributed by atoms with Crippen LogP contribution in [-0.4, -0.2) is 19.7 Å². The smallest absolute Gasteiger partial charge is 0.257 e. The third-order valence-electron chi connectivity index (χ3n) is 3.58. The third kappa shape index (κ3) is 2.68. The lowest BCUT2D eigenvalue weighted by atomic mass is 10.2. The molecule has 3 heterocycles. The molecule has 4 rings (SSSR count). The first-order chi connectivity index (χ1) is 11.3. The van der Waals surface area contributed by atoms with Crippen LogP contribution in [-0.2, 0) is 6.54 Å². The topological polar surface area (TPSA) is 56.7 Å². The van der Waals surface area contributed by atoms with E-state index in [-0.39, 0.29) is 0 Å². The molecule has 0 unspecified atom stereocenters. The molecule has 114 valence electrons.